The molecule has 0 radical (unpaired) electrons. The molecule has 2 aromatic carbocycles. The Balaban J connectivity index is 2.10. The first-order chi connectivity index (χ1) is 10.5. The van der Waals surface area contributed by atoms with Crippen LogP contribution in [0.1, 0.15) is 15.9 Å². The molecule has 0 bridgehead atoms. The van der Waals surface area contributed by atoms with Gasteiger partial charge in [-0.05, 0) is 61.1 Å². The molecule has 114 valence electrons. The van der Waals surface area contributed by atoms with Crippen LogP contribution in [-0.4, -0.2) is 18.2 Å². The third-order valence-corrected chi connectivity index (χ3v) is 3.74. The van der Waals surface area contributed by atoms with E-state index in [9.17, 15) is 4.79 Å². The van der Waals surface area contributed by atoms with Gasteiger partial charge in [-0.3, -0.25) is 0 Å². The first kappa shape index (κ1) is 16.5. The number of benzene rings is 2. The van der Waals surface area contributed by atoms with Crippen LogP contribution >= 0.6 is 28.1 Å². The van der Waals surface area contributed by atoms with Gasteiger partial charge >= 0.3 is 5.97 Å². The summed E-state index contributed by atoms with van der Waals surface area (Å²) in [7, 11) is 1.36. The zero-order valence-electron chi connectivity index (χ0n) is 12.1. The lowest BCUT2D eigenvalue weighted by molar-refractivity contribution is 0.0601. The lowest BCUT2D eigenvalue weighted by atomic mass is 10.1. The van der Waals surface area contributed by atoms with Gasteiger partial charge in [0.25, 0.3) is 0 Å². The number of ether oxygens (including phenoxy) is 1. The highest BCUT2D eigenvalue weighted by atomic mass is 79.9. The topological polar surface area (TPSA) is 50.4 Å². The molecule has 2 aromatic rings. The van der Waals surface area contributed by atoms with Crippen molar-refractivity contribution in [3.8, 4) is 0 Å². The van der Waals surface area contributed by atoms with E-state index in [0.717, 1.165) is 21.4 Å². The van der Waals surface area contributed by atoms with E-state index in [-0.39, 0.29) is 5.97 Å². The quantitative estimate of drug-likeness (QED) is 0.613. The minimum atomic E-state index is -0.380. The standard InChI is InChI=1S/C16H15BrN2O2S/c1-10-3-4-11(15(20)21-2)9-14(10)19-16(22)18-13-7-5-12(17)6-8-13/h3-9H,1-2H3,(H2,18,19,22). The molecule has 0 amide bonds. The van der Waals surface area contributed by atoms with E-state index in [0.29, 0.717) is 10.7 Å². The van der Waals surface area contributed by atoms with Crippen molar-refractivity contribution in [3.63, 3.8) is 0 Å². The summed E-state index contributed by atoms with van der Waals surface area (Å²) in [5, 5.41) is 6.64. The highest BCUT2D eigenvalue weighted by molar-refractivity contribution is 9.10. The number of esters is 1. The molecular weight excluding hydrogens is 364 g/mol. The molecule has 0 spiro atoms. The van der Waals surface area contributed by atoms with Crippen LogP contribution in [0.4, 0.5) is 11.4 Å². The van der Waals surface area contributed by atoms with Gasteiger partial charge in [-0.1, -0.05) is 22.0 Å². The van der Waals surface area contributed by atoms with Gasteiger partial charge in [0.15, 0.2) is 5.11 Å². The molecule has 0 saturated carbocycles. The summed E-state index contributed by atoms with van der Waals surface area (Å²) in [6, 6.07) is 13.0. The highest BCUT2D eigenvalue weighted by Gasteiger charge is 2.09. The summed E-state index contributed by atoms with van der Waals surface area (Å²) in [4.78, 5) is 11.6. The first-order valence-corrected chi connectivity index (χ1v) is 7.72. The van der Waals surface area contributed by atoms with Gasteiger partial charge < -0.3 is 15.4 Å². The van der Waals surface area contributed by atoms with Crippen LogP contribution in [0.3, 0.4) is 0 Å². The molecule has 2 rings (SSSR count). The fourth-order valence-corrected chi connectivity index (χ4v) is 2.31. The molecule has 0 fully saturated rings. The lowest BCUT2D eigenvalue weighted by Gasteiger charge is -2.13. The normalized spacial score (nSPS) is 9.95. The average molecular weight is 379 g/mol. The largest absolute Gasteiger partial charge is 0.465 e. The van der Waals surface area contributed by atoms with E-state index >= 15 is 0 Å². The molecular formula is C16H15BrN2O2S. The Bertz CT molecular complexity index is 702. The number of methoxy groups -OCH3 is 1. The number of rotatable bonds is 3. The number of hydrogen-bond acceptors (Lipinski definition) is 3. The Kier molecular flexibility index (Phi) is 5.51. The summed E-state index contributed by atoms with van der Waals surface area (Å²) < 4.78 is 5.72. The predicted octanol–water partition coefficient (Wildman–Crippen LogP) is 4.35. The fourth-order valence-electron chi connectivity index (χ4n) is 1.82. The Morgan fingerprint density at radius 1 is 1.14 bits per heavy atom. The van der Waals surface area contributed by atoms with E-state index in [1.54, 1.807) is 12.1 Å². The maximum atomic E-state index is 11.6. The van der Waals surface area contributed by atoms with Crippen molar-refractivity contribution in [1.82, 2.24) is 0 Å². The van der Waals surface area contributed by atoms with Gasteiger partial charge in [0.05, 0.1) is 12.7 Å². The molecule has 2 N–H and O–H groups in total. The summed E-state index contributed by atoms with van der Waals surface area (Å²) in [6.07, 6.45) is 0. The van der Waals surface area contributed by atoms with Crippen LogP contribution in [0.5, 0.6) is 0 Å². The Morgan fingerprint density at radius 3 is 2.45 bits per heavy atom. The Morgan fingerprint density at radius 2 is 1.82 bits per heavy atom. The van der Waals surface area contributed by atoms with Gasteiger partial charge in [0.1, 0.15) is 0 Å². The van der Waals surface area contributed by atoms with Crippen LogP contribution in [0, 0.1) is 6.92 Å². The number of anilines is 2. The molecule has 22 heavy (non-hydrogen) atoms. The van der Waals surface area contributed by atoms with Crippen LogP contribution < -0.4 is 10.6 Å². The first-order valence-electron chi connectivity index (χ1n) is 6.52. The zero-order valence-corrected chi connectivity index (χ0v) is 14.5. The molecule has 0 unspecified atom stereocenters. The van der Waals surface area contributed by atoms with E-state index in [1.165, 1.54) is 7.11 Å². The van der Waals surface area contributed by atoms with Crippen molar-refractivity contribution in [2.24, 2.45) is 0 Å². The number of halogens is 1. The second kappa shape index (κ2) is 7.38. The third kappa shape index (κ3) is 4.29. The van der Waals surface area contributed by atoms with Crippen molar-refractivity contribution < 1.29 is 9.53 Å². The SMILES string of the molecule is COC(=O)c1ccc(C)c(NC(=S)Nc2ccc(Br)cc2)c1. The lowest BCUT2D eigenvalue weighted by Crippen LogP contribution is -2.20. The molecule has 4 nitrogen and oxygen atoms in total. The van der Waals surface area contributed by atoms with Gasteiger partial charge in [0, 0.05) is 15.8 Å². The molecule has 6 heteroatoms. The number of nitrogens with one attached hydrogen (secondary N) is 2. The predicted molar refractivity (Wildman–Crippen MR) is 96.5 cm³/mol. The fraction of sp³-hybridized carbons (Fsp3) is 0.125. The van der Waals surface area contributed by atoms with Crippen LogP contribution in [0.2, 0.25) is 0 Å². The second-order valence-corrected chi connectivity index (χ2v) is 5.93. The van der Waals surface area contributed by atoms with E-state index in [4.69, 9.17) is 17.0 Å². The minimum Gasteiger partial charge on any atom is -0.465 e. The van der Waals surface area contributed by atoms with E-state index < -0.39 is 0 Å². The van der Waals surface area contributed by atoms with Crippen molar-refractivity contribution in [2.75, 3.05) is 17.7 Å². The molecule has 0 heterocycles. The van der Waals surface area contributed by atoms with E-state index in [1.807, 2.05) is 37.3 Å². The monoisotopic (exact) mass is 378 g/mol. The number of hydrogen-bond donors (Lipinski definition) is 2. The molecule has 0 saturated heterocycles. The van der Waals surface area contributed by atoms with Gasteiger partial charge in [-0.15, -0.1) is 0 Å². The maximum Gasteiger partial charge on any atom is 0.337 e. The molecule has 0 aliphatic rings. The number of thiocarbonyl (C=S) groups is 1. The molecule has 0 aliphatic carbocycles. The van der Waals surface area contributed by atoms with E-state index in [2.05, 4.69) is 26.6 Å². The van der Waals surface area contributed by atoms with Crippen LogP contribution in [0.25, 0.3) is 0 Å². The number of carbonyl (C=O) groups is 1. The second-order valence-electron chi connectivity index (χ2n) is 4.61. The van der Waals surface area contributed by atoms with Crippen molar-refractivity contribution in [1.29, 1.82) is 0 Å². The molecule has 0 atom stereocenters. The average Bonchev–Trinajstić information content (AvgIpc) is 2.51. The smallest absolute Gasteiger partial charge is 0.337 e. The number of carbonyl (C=O) groups excluding carboxylic acids is 1. The zero-order chi connectivity index (χ0) is 16.1. The van der Waals surface area contributed by atoms with Crippen LogP contribution in [0.15, 0.2) is 46.9 Å². The highest BCUT2D eigenvalue weighted by Crippen LogP contribution is 2.19. The van der Waals surface area contributed by atoms with Gasteiger partial charge in [0.2, 0.25) is 0 Å². The summed E-state index contributed by atoms with van der Waals surface area (Å²) in [6.45, 7) is 1.94. The molecule has 0 aliphatic heterocycles. The number of aryl methyl sites for hydroxylation is 1. The van der Waals surface area contributed by atoms with Crippen molar-refractivity contribution >= 4 is 50.6 Å². The molecule has 0 aromatic heterocycles. The maximum absolute atomic E-state index is 11.6. The third-order valence-electron chi connectivity index (χ3n) is 3.01. The summed E-state index contributed by atoms with van der Waals surface area (Å²) in [5.41, 5.74) is 3.09. The Labute approximate surface area is 143 Å². The summed E-state index contributed by atoms with van der Waals surface area (Å²) >= 11 is 8.68. The van der Waals surface area contributed by atoms with Crippen molar-refractivity contribution in [3.05, 3.63) is 58.1 Å². The van der Waals surface area contributed by atoms with Crippen molar-refractivity contribution in [2.45, 2.75) is 6.92 Å². The Hall–Kier alpha value is -1.92. The van der Waals surface area contributed by atoms with Crippen LogP contribution in [-0.2, 0) is 4.74 Å². The minimum absolute atomic E-state index is 0.380. The van der Waals surface area contributed by atoms with Gasteiger partial charge in [-0.2, -0.15) is 0 Å². The summed E-state index contributed by atoms with van der Waals surface area (Å²) in [5.74, 6) is -0.380. The van der Waals surface area contributed by atoms with Gasteiger partial charge in [-0.25, -0.2) is 4.79 Å².